The first kappa shape index (κ1) is 21.2. The fraction of sp³-hybridized carbons (Fsp3) is 0.375. The molecule has 148 valence electrons. The highest BCUT2D eigenvalue weighted by atomic mass is 35.5. The van der Waals surface area contributed by atoms with E-state index >= 15 is 0 Å². The van der Waals surface area contributed by atoms with Crippen LogP contribution in [-0.4, -0.2) is 35.1 Å². The molecule has 0 radical (unpaired) electrons. The zero-order chi connectivity index (χ0) is 20.3. The Bertz CT molecular complexity index is 846. The van der Waals surface area contributed by atoms with Crippen molar-refractivity contribution in [2.45, 2.75) is 26.6 Å². The van der Waals surface area contributed by atoms with E-state index in [-0.39, 0.29) is 33.7 Å². The fourth-order valence-electron chi connectivity index (χ4n) is 2.17. The van der Waals surface area contributed by atoms with E-state index in [4.69, 9.17) is 32.7 Å². The van der Waals surface area contributed by atoms with Gasteiger partial charge in [0.15, 0.2) is 6.10 Å². The Labute approximate surface area is 162 Å². The summed E-state index contributed by atoms with van der Waals surface area (Å²) < 4.78 is 54.8. The predicted molar refractivity (Wildman–Crippen MR) is 92.0 cm³/mol. The molecule has 1 heterocycles. The van der Waals surface area contributed by atoms with Crippen molar-refractivity contribution in [2.75, 3.05) is 6.61 Å². The van der Waals surface area contributed by atoms with E-state index < -0.39 is 30.4 Å². The monoisotopic (exact) mass is 426 g/mol. The van der Waals surface area contributed by atoms with Gasteiger partial charge in [-0.25, -0.2) is 13.9 Å². The number of aromatic nitrogens is 2. The molecule has 6 nitrogen and oxygen atoms in total. The largest absolute Gasteiger partial charge is 0.477 e. The zero-order valence-corrected chi connectivity index (χ0v) is 15.9. The molecule has 0 aliphatic heterocycles. The number of halogens is 5. The number of hydrogen-bond acceptors (Lipinski definition) is 5. The van der Waals surface area contributed by atoms with Gasteiger partial charge >= 0.3 is 12.6 Å². The van der Waals surface area contributed by atoms with Crippen LogP contribution in [0.5, 0.6) is 11.6 Å². The molecule has 0 saturated heterocycles. The minimum Gasteiger partial charge on any atom is -0.477 e. The van der Waals surface area contributed by atoms with Gasteiger partial charge in [0.1, 0.15) is 22.3 Å². The summed E-state index contributed by atoms with van der Waals surface area (Å²) in [5.41, 5.74) is -0.326. The third-order valence-corrected chi connectivity index (χ3v) is 3.98. The van der Waals surface area contributed by atoms with Crippen molar-refractivity contribution in [3.8, 4) is 22.9 Å². The highest BCUT2D eigenvalue weighted by Crippen LogP contribution is 2.40. The molecule has 0 aliphatic rings. The number of nitrogens with zero attached hydrogens (tertiary/aromatic N) is 2. The van der Waals surface area contributed by atoms with E-state index in [0.29, 0.717) is 0 Å². The second kappa shape index (κ2) is 8.71. The van der Waals surface area contributed by atoms with Crippen molar-refractivity contribution in [1.82, 2.24) is 9.78 Å². The molecule has 0 N–H and O–H groups in total. The lowest BCUT2D eigenvalue weighted by Crippen LogP contribution is -2.26. The van der Waals surface area contributed by atoms with E-state index in [1.165, 1.54) is 14.0 Å². The minimum atomic E-state index is -3.13. The Morgan fingerprint density at radius 3 is 2.56 bits per heavy atom. The maximum atomic E-state index is 14.4. The van der Waals surface area contributed by atoms with Gasteiger partial charge in [-0.15, -0.1) is 0 Å². The first-order valence-electron chi connectivity index (χ1n) is 7.65. The summed E-state index contributed by atoms with van der Waals surface area (Å²) in [5, 5.41) is 3.48. The Morgan fingerprint density at radius 2 is 1.96 bits per heavy atom. The van der Waals surface area contributed by atoms with Crippen LogP contribution in [0.2, 0.25) is 10.0 Å². The predicted octanol–water partition coefficient (Wildman–Crippen LogP) is 4.46. The van der Waals surface area contributed by atoms with Gasteiger partial charge in [-0.3, -0.25) is 0 Å². The third-order valence-electron chi connectivity index (χ3n) is 3.34. The van der Waals surface area contributed by atoms with Crippen LogP contribution in [0, 0.1) is 5.82 Å². The molecule has 0 spiro atoms. The first-order valence-corrected chi connectivity index (χ1v) is 8.41. The van der Waals surface area contributed by atoms with Gasteiger partial charge < -0.3 is 14.2 Å². The number of hydrogen-bond donors (Lipinski definition) is 0. The molecule has 0 aliphatic carbocycles. The normalized spacial score (nSPS) is 12.2. The molecule has 1 unspecified atom stereocenters. The molecule has 27 heavy (non-hydrogen) atoms. The number of carbonyl (C=O) groups excluding carboxylic acids is 1. The van der Waals surface area contributed by atoms with E-state index in [0.717, 1.165) is 16.8 Å². The lowest BCUT2D eigenvalue weighted by atomic mass is 10.1. The van der Waals surface area contributed by atoms with Crippen molar-refractivity contribution in [1.29, 1.82) is 0 Å². The number of rotatable bonds is 7. The Balaban J connectivity index is 2.43. The molecule has 2 rings (SSSR count). The van der Waals surface area contributed by atoms with Crippen LogP contribution in [0.3, 0.4) is 0 Å². The van der Waals surface area contributed by atoms with Crippen molar-refractivity contribution in [3.05, 3.63) is 28.0 Å². The van der Waals surface area contributed by atoms with E-state index in [1.807, 2.05) is 0 Å². The second-order valence-corrected chi connectivity index (χ2v) is 6.03. The Hall–Kier alpha value is -2.13. The molecule has 2 aromatic rings. The molecular formula is C16H15Cl2F3N2O4. The number of aryl methyl sites for hydroxylation is 1. The number of ether oxygens (including phenoxy) is 3. The number of esters is 1. The van der Waals surface area contributed by atoms with Crippen LogP contribution >= 0.6 is 23.2 Å². The van der Waals surface area contributed by atoms with Gasteiger partial charge in [0, 0.05) is 12.6 Å². The lowest BCUT2D eigenvalue weighted by molar-refractivity contribution is -0.150. The number of alkyl halides is 2. The van der Waals surface area contributed by atoms with Crippen molar-refractivity contribution in [3.63, 3.8) is 0 Å². The summed E-state index contributed by atoms with van der Waals surface area (Å²) in [6.07, 6.45) is -1.02. The minimum absolute atomic E-state index is 0.0355. The second-order valence-electron chi connectivity index (χ2n) is 5.24. The van der Waals surface area contributed by atoms with Gasteiger partial charge in [0.05, 0.1) is 11.6 Å². The molecular weight excluding hydrogens is 412 g/mol. The fourth-order valence-corrected chi connectivity index (χ4v) is 2.67. The van der Waals surface area contributed by atoms with Gasteiger partial charge in [0.25, 0.3) is 0 Å². The SMILES string of the molecule is CCOC(=O)C(C)Oc1cc(-c2nn(C)c(OC(F)F)c2Cl)c(F)cc1Cl. The Morgan fingerprint density at radius 1 is 1.30 bits per heavy atom. The summed E-state index contributed by atoms with van der Waals surface area (Å²) in [6, 6.07) is 2.09. The zero-order valence-electron chi connectivity index (χ0n) is 14.4. The summed E-state index contributed by atoms with van der Waals surface area (Å²) in [7, 11) is 1.31. The van der Waals surface area contributed by atoms with E-state index in [9.17, 15) is 18.0 Å². The van der Waals surface area contributed by atoms with Crippen LogP contribution in [0.1, 0.15) is 13.8 Å². The molecule has 1 atom stereocenters. The highest BCUT2D eigenvalue weighted by molar-refractivity contribution is 6.34. The quantitative estimate of drug-likeness (QED) is 0.611. The van der Waals surface area contributed by atoms with Gasteiger partial charge in [0.2, 0.25) is 5.88 Å². The van der Waals surface area contributed by atoms with Crippen LogP contribution in [0.15, 0.2) is 12.1 Å². The number of benzene rings is 1. The van der Waals surface area contributed by atoms with Crippen LogP contribution < -0.4 is 9.47 Å². The molecule has 0 fully saturated rings. The van der Waals surface area contributed by atoms with Crippen molar-refractivity contribution in [2.24, 2.45) is 7.05 Å². The molecule has 1 aromatic heterocycles. The summed E-state index contributed by atoms with van der Waals surface area (Å²) in [4.78, 5) is 11.7. The van der Waals surface area contributed by atoms with Crippen LogP contribution in [0.4, 0.5) is 13.2 Å². The molecule has 0 bridgehead atoms. The van der Waals surface area contributed by atoms with Crippen molar-refractivity contribution < 1.29 is 32.2 Å². The topological polar surface area (TPSA) is 62.6 Å². The van der Waals surface area contributed by atoms with E-state index in [1.54, 1.807) is 6.92 Å². The average molecular weight is 427 g/mol. The molecule has 1 aromatic carbocycles. The highest BCUT2D eigenvalue weighted by Gasteiger charge is 2.25. The number of carbonyl (C=O) groups is 1. The maximum absolute atomic E-state index is 14.4. The average Bonchev–Trinajstić information content (AvgIpc) is 2.85. The standard InChI is InChI=1S/C16H15Cl2F3N2O4/c1-4-25-15(24)7(2)26-11-5-8(10(19)6-9(11)17)13-12(18)14(23(3)22-13)27-16(20)21/h5-7,16H,4H2,1-3H3. The third kappa shape index (κ3) is 4.78. The van der Waals surface area contributed by atoms with Gasteiger partial charge in [-0.05, 0) is 26.0 Å². The Kier molecular flexibility index (Phi) is 6.83. The van der Waals surface area contributed by atoms with E-state index in [2.05, 4.69) is 9.84 Å². The summed E-state index contributed by atoms with van der Waals surface area (Å²) in [6.45, 7) is 0.0889. The first-order chi connectivity index (χ1) is 12.6. The van der Waals surface area contributed by atoms with Gasteiger partial charge in [-0.2, -0.15) is 13.9 Å². The van der Waals surface area contributed by atoms with Crippen LogP contribution in [-0.2, 0) is 16.6 Å². The molecule has 11 heteroatoms. The van der Waals surface area contributed by atoms with Crippen LogP contribution in [0.25, 0.3) is 11.3 Å². The smallest absolute Gasteiger partial charge is 0.388 e. The molecule has 0 saturated carbocycles. The van der Waals surface area contributed by atoms with Crippen molar-refractivity contribution >= 4 is 29.2 Å². The maximum Gasteiger partial charge on any atom is 0.388 e. The summed E-state index contributed by atoms with van der Waals surface area (Å²) in [5.74, 6) is -1.92. The molecule has 0 amide bonds. The van der Waals surface area contributed by atoms with Gasteiger partial charge in [-0.1, -0.05) is 23.2 Å². The lowest BCUT2D eigenvalue weighted by Gasteiger charge is -2.15. The summed E-state index contributed by atoms with van der Waals surface area (Å²) >= 11 is 12.0.